The van der Waals surface area contributed by atoms with Gasteiger partial charge in [0.15, 0.2) is 0 Å². The zero-order valence-corrected chi connectivity index (χ0v) is 10.2. The van der Waals surface area contributed by atoms with Crippen molar-refractivity contribution in [1.82, 2.24) is 9.88 Å². The maximum Gasteiger partial charge on any atom is 0.0793 e. The fraction of sp³-hybridized carbons (Fsp3) is 0.615. The van der Waals surface area contributed by atoms with Crippen molar-refractivity contribution in [3.8, 4) is 0 Å². The number of hydrogen-bond donors (Lipinski definition) is 2. The van der Waals surface area contributed by atoms with Crippen LogP contribution in [0.2, 0.25) is 0 Å². The molecule has 94 valence electrons. The molecule has 1 aromatic rings. The predicted octanol–water partition coefficient (Wildman–Crippen LogP) is 0.410. The van der Waals surface area contributed by atoms with E-state index >= 15 is 0 Å². The van der Waals surface area contributed by atoms with Gasteiger partial charge in [-0.05, 0) is 37.0 Å². The van der Waals surface area contributed by atoms with Crippen LogP contribution in [0.3, 0.4) is 0 Å². The molecule has 0 bridgehead atoms. The average Bonchev–Trinajstić information content (AvgIpc) is 2.39. The highest BCUT2D eigenvalue weighted by Crippen LogP contribution is 2.20. The number of rotatable bonds is 4. The summed E-state index contributed by atoms with van der Waals surface area (Å²) in [5.41, 5.74) is 6.27. The third-order valence-corrected chi connectivity index (χ3v) is 3.63. The molecule has 4 heteroatoms. The Balaban J connectivity index is 1.75. The summed E-state index contributed by atoms with van der Waals surface area (Å²) < 4.78 is 0. The second-order valence-corrected chi connectivity index (χ2v) is 4.88. The van der Waals surface area contributed by atoms with Crippen molar-refractivity contribution in [3.05, 3.63) is 30.1 Å². The molecule has 2 rings (SSSR count). The lowest BCUT2D eigenvalue weighted by molar-refractivity contribution is -0.0130. The Morgan fingerprint density at radius 1 is 1.29 bits per heavy atom. The van der Waals surface area contributed by atoms with Gasteiger partial charge in [0, 0.05) is 38.6 Å². The maximum atomic E-state index is 10.0. The molecule has 0 amide bonds. The predicted molar refractivity (Wildman–Crippen MR) is 67.6 cm³/mol. The molecule has 0 atom stereocenters. The van der Waals surface area contributed by atoms with Crippen molar-refractivity contribution >= 4 is 0 Å². The molecule has 0 unspecified atom stereocenters. The van der Waals surface area contributed by atoms with Crippen molar-refractivity contribution < 1.29 is 5.11 Å². The maximum absolute atomic E-state index is 10.0. The van der Waals surface area contributed by atoms with Crippen molar-refractivity contribution in [3.63, 3.8) is 0 Å². The molecule has 0 aliphatic carbocycles. The van der Waals surface area contributed by atoms with Gasteiger partial charge >= 0.3 is 0 Å². The van der Waals surface area contributed by atoms with E-state index in [0.717, 1.165) is 38.9 Å². The van der Waals surface area contributed by atoms with E-state index in [1.807, 2.05) is 12.4 Å². The topological polar surface area (TPSA) is 62.4 Å². The van der Waals surface area contributed by atoms with E-state index in [9.17, 15) is 5.11 Å². The lowest BCUT2D eigenvalue weighted by atomic mass is 9.91. The monoisotopic (exact) mass is 235 g/mol. The van der Waals surface area contributed by atoms with Crippen LogP contribution in [0, 0.1) is 0 Å². The second kappa shape index (κ2) is 5.58. The van der Waals surface area contributed by atoms with E-state index < -0.39 is 5.60 Å². The van der Waals surface area contributed by atoms with Crippen molar-refractivity contribution in [2.24, 2.45) is 5.73 Å². The van der Waals surface area contributed by atoms with Gasteiger partial charge < -0.3 is 15.7 Å². The quantitative estimate of drug-likeness (QED) is 0.793. The lowest BCUT2D eigenvalue weighted by Gasteiger charge is -2.37. The van der Waals surface area contributed by atoms with Crippen LogP contribution in [-0.4, -0.2) is 46.8 Å². The van der Waals surface area contributed by atoms with Gasteiger partial charge in [0.1, 0.15) is 0 Å². The van der Waals surface area contributed by atoms with Crippen LogP contribution < -0.4 is 5.73 Å². The minimum atomic E-state index is -0.618. The number of nitrogens with zero attached hydrogens (tertiary/aromatic N) is 2. The smallest absolute Gasteiger partial charge is 0.0793 e. The fourth-order valence-corrected chi connectivity index (χ4v) is 2.23. The van der Waals surface area contributed by atoms with Gasteiger partial charge in [0.05, 0.1) is 5.60 Å². The molecule has 4 nitrogen and oxygen atoms in total. The first kappa shape index (κ1) is 12.5. The van der Waals surface area contributed by atoms with Crippen LogP contribution in [0.4, 0.5) is 0 Å². The fourth-order valence-electron chi connectivity index (χ4n) is 2.23. The summed E-state index contributed by atoms with van der Waals surface area (Å²) in [7, 11) is 0. The molecule has 1 aromatic heterocycles. The molecule has 1 aliphatic rings. The molecule has 0 radical (unpaired) electrons. The molecule has 2 heterocycles. The van der Waals surface area contributed by atoms with E-state index in [1.54, 1.807) is 0 Å². The largest absolute Gasteiger partial charge is 0.388 e. The van der Waals surface area contributed by atoms with E-state index in [1.165, 1.54) is 5.56 Å². The highest BCUT2D eigenvalue weighted by atomic mass is 16.3. The van der Waals surface area contributed by atoms with Gasteiger partial charge in [-0.1, -0.05) is 0 Å². The molecular formula is C13H21N3O. The molecule has 1 aliphatic heterocycles. The Labute approximate surface area is 102 Å². The third-order valence-electron chi connectivity index (χ3n) is 3.63. The Bertz CT molecular complexity index is 334. The Morgan fingerprint density at radius 2 is 1.94 bits per heavy atom. The van der Waals surface area contributed by atoms with Gasteiger partial charge in [-0.25, -0.2) is 0 Å². The number of piperidine rings is 1. The number of likely N-dealkylation sites (tertiary alicyclic amines) is 1. The summed E-state index contributed by atoms with van der Waals surface area (Å²) in [6.07, 6.45) is 6.29. The van der Waals surface area contributed by atoms with Crippen molar-refractivity contribution in [1.29, 1.82) is 0 Å². The zero-order chi connectivity index (χ0) is 12.1. The summed E-state index contributed by atoms with van der Waals surface area (Å²) in [6, 6.07) is 4.11. The molecule has 17 heavy (non-hydrogen) atoms. The number of hydrogen-bond acceptors (Lipinski definition) is 4. The van der Waals surface area contributed by atoms with E-state index in [2.05, 4.69) is 22.0 Å². The molecule has 1 saturated heterocycles. The number of aromatic nitrogens is 1. The van der Waals surface area contributed by atoms with E-state index in [-0.39, 0.29) is 0 Å². The molecule has 3 N–H and O–H groups in total. The summed E-state index contributed by atoms with van der Waals surface area (Å²) in [6.45, 7) is 3.31. The summed E-state index contributed by atoms with van der Waals surface area (Å²) in [4.78, 5) is 6.40. The Morgan fingerprint density at radius 3 is 2.53 bits per heavy atom. The molecule has 1 fully saturated rings. The third kappa shape index (κ3) is 3.49. The lowest BCUT2D eigenvalue weighted by Crippen LogP contribution is -2.49. The van der Waals surface area contributed by atoms with Crippen molar-refractivity contribution in [2.75, 3.05) is 26.2 Å². The van der Waals surface area contributed by atoms with Crippen molar-refractivity contribution in [2.45, 2.75) is 24.9 Å². The first-order chi connectivity index (χ1) is 8.22. The highest BCUT2D eigenvalue weighted by molar-refractivity contribution is 5.10. The Hall–Kier alpha value is -0.970. The molecule has 0 spiro atoms. The standard InChI is InChI=1S/C13H21N3O/c14-11-13(17)4-9-16(10-5-13)8-3-12-1-6-15-7-2-12/h1-2,6-7,17H,3-5,8-11,14H2. The van der Waals surface area contributed by atoms with Crippen LogP contribution in [0.25, 0.3) is 0 Å². The normalized spacial score (nSPS) is 20.4. The molecular weight excluding hydrogens is 214 g/mol. The SMILES string of the molecule is NCC1(O)CCN(CCc2ccncc2)CC1. The first-order valence-corrected chi connectivity index (χ1v) is 6.26. The van der Waals surface area contributed by atoms with Gasteiger partial charge in [-0.2, -0.15) is 0 Å². The van der Waals surface area contributed by atoms with Crippen LogP contribution >= 0.6 is 0 Å². The first-order valence-electron chi connectivity index (χ1n) is 6.26. The Kier molecular flexibility index (Phi) is 4.10. The van der Waals surface area contributed by atoms with Crippen LogP contribution in [0.15, 0.2) is 24.5 Å². The number of nitrogens with two attached hydrogens (primary N) is 1. The highest BCUT2D eigenvalue weighted by Gasteiger charge is 2.30. The molecule has 0 aromatic carbocycles. The van der Waals surface area contributed by atoms with Crippen LogP contribution in [0.5, 0.6) is 0 Å². The van der Waals surface area contributed by atoms with Gasteiger partial charge in [0.25, 0.3) is 0 Å². The van der Waals surface area contributed by atoms with Crippen LogP contribution in [-0.2, 0) is 6.42 Å². The average molecular weight is 235 g/mol. The van der Waals surface area contributed by atoms with Gasteiger partial charge in [0.2, 0.25) is 0 Å². The van der Waals surface area contributed by atoms with E-state index in [4.69, 9.17) is 5.73 Å². The molecule has 0 saturated carbocycles. The second-order valence-electron chi connectivity index (χ2n) is 4.88. The van der Waals surface area contributed by atoms with Crippen LogP contribution in [0.1, 0.15) is 18.4 Å². The number of aliphatic hydroxyl groups is 1. The summed E-state index contributed by atoms with van der Waals surface area (Å²) in [5.74, 6) is 0. The zero-order valence-electron chi connectivity index (χ0n) is 10.2. The van der Waals surface area contributed by atoms with Gasteiger partial charge in [-0.3, -0.25) is 4.98 Å². The van der Waals surface area contributed by atoms with Gasteiger partial charge in [-0.15, -0.1) is 0 Å². The minimum absolute atomic E-state index is 0.380. The summed E-state index contributed by atoms with van der Waals surface area (Å²) >= 11 is 0. The minimum Gasteiger partial charge on any atom is -0.388 e. The number of pyridine rings is 1. The van der Waals surface area contributed by atoms with E-state index in [0.29, 0.717) is 6.54 Å². The summed E-state index contributed by atoms with van der Waals surface area (Å²) in [5, 5.41) is 10.0.